The molecule has 0 saturated carbocycles. The molecule has 1 aliphatic heterocycles. The predicted octanol–water partition coefficient (Wildman–Crippen LogP) is 2.70. The Kier molecular flexibility index (Phi) is 4.53. The third kappa shape index (κ3) is 3.38. The topological polar surface area (TPSA) is 40.5 Å². The Morgan fingerprint density at radius 2 is 2.12 bits per heavy atom. The summed E-state index contributed by atoms with van der Waals surface area (Å²) in [5.41, 5.74) is -0.455. The van der Waals surface area contributed by atoms with Gasteiger partial charge < -0.3 is 5.11 Å². The van der Waals surface area contributed by atoms with Gasteiger partial charge in [0.05, 0.1) is 0 Å². The van der Waals surface area contributed by atoms with Crippen molar-refractivity contribution < 1.29 is 9.90 Å². The molecule has 1 atom stereocenters. The normalized spacial score (nSPS) is 24.9. The van der Waals surface area contributed by atoms with Gasteiger partial charge in [0.25, 0.3) is 0 Å². The number of hydrogen-bond donors (Lipinski definition) is 1. The smallest absolute Gasteiger partial charge is 0.323 e. The third-order valence-corrected chi connectivity index (χ3v) is 5.22. The Morgan fingerprint density at radius 3 is 2.53 bits per heavy atom. The minimum Gasteiger partial charge on any atom is -0.480 e. The molecule has 1 unspecified atom stereocenters. The second-order valence-corrected chi connectivity index (χ2v) is 7.22. The molecule has 1 fully saturated rings. The number of carbonyl (C=O) groups is 1. The molecule has 0 radical (unpaired) electrons. The molecule has 0 aromatic rings. The van der Waals surface area contributed by atoms with Crippen molar-refractivity contribution in [1.29, 1.82) is 0 Å². The van der Waals surface area contributed by atoms with Gasteiger partial charge in [-0.15, -0.1) is 0 Å². The highest BCUT2D eigenvalue weighted by atomic mass is 32.2. The first-order valence-electron chi connectivity index (χ1n) is 6.28. The molecule has 1 N–H and O–H groups in total. The van der Waals surface area contributed by atoms with E-state index in [9.17, 15) is 9.90 Å². The molecule has 1 heterocycles. The van der Waals surface area contributed by atoms with Crippen molar-refractivity contribution in [3.05, 3.63) is 0 Å². The summed E-state index contributed by atoms with van der Waals surface area (Å²) in [4.78, 5) is 13.5. The van der Waals surface area contributed by atoms with Crippen LogP contribution in [0.2, 0.25) is 0 Å². The van der Waals surface area contributed by atoms with Crippen LogP contribution in [0.15, 0.2) is 0 Å². The van der Waals surface area contributed by atoms with Gasteiger partial charge in [0.2, 0.25) is 0 Å². The first-order valence-corrected chi connectivity index (χ1v) is 7.44. The summed E-state index contributed by atoms with van der Waals surface area (Å²) < 4.78 is 0. The van der Waals surface area contributed by atoms with Gasteiger partial charge in [0.15, 0.2) is 0 Å². The largest absolute Gasteiger partial charge is 0.480 e. The molecule has 100 valence electrons. The quantitative estimate of drug-likeness (QED) is 0.843. The van der Waals surface area contributed by atoms with E-state index in [1.807, 2.05) is 25.6 Å². The monoisotopic (exact) mass is 259 g/mol. The Balaban J connectivity index is 2.84. The van der Waals surface area contributed by atoms with E-state index in [0.717, 1.165) is 18.7 Å². The fraction of sp³-hybridized carbons (Fsp3) is 0.923. The molecule has 0 spiro atoms. The highest BCUT2D eigenvalue weighted by Crippen LogP contribution is 2.37. The summed E-state index contributed by atoms with van der Waals surface area (Å²) >= 11 is 1.95. The number of nitrogens with zero attached hydrogens (tertiary/aromatic N) is 1. The van der Waals surface area contributed by atoms with E-state index in [0.29, 0.717) is 11.5 Å². The van der Waals surface area contributed by atoms with E-state index in [1.54, 1.807) is 0 Å². The number of thioether (sulfide) groups is 1. The minimum absolute atomic E-state index is 0.315. The Hall–Kier alpha value is -0.220. The van der Waals surface area contributed by atoms with E-state index < -0.39 is 11.5 Å². The average molecular weight is 259 g/mol. The molecule has 0 amide bonds. The average Bonchev–Trinajstić information content (AvgIpc) is 2.16. The maximum absolute atomic E-state index is 11.4. The highest BCUT2D eigenvalue weighted by Gasteiger charge is 2.41. The van der Waals surface area contributed by atoms with Crippen LogP contribution in [-0.2, 0) is 4.79 Å². The summed E-state index contributed by atoms with van der Waals surface area (Å²) in [5.74, 6) is 1.50. The van der Waals surface area contributed by atoms with E-state index in [1.165, 1.54) is 5.75 Å². The first kappa shape index (κ1) is 14.8. The van der Waals surface area contributed by atoms with Crippen LogP contribution in [0.1, 0.15) is 41.0 Å². The lowest BCUT2D eigenvalue weighted by Gasteiger charge is -2.45. The van der Waals surface area contributed by atoms with Gasteiger partial charge in [0.1, 0.15) is 5.54 Å². The first-order chi connectivity index (χ1) is 7.70. The van der Waals surface area contributed by atoms with Crippen molar-refractivity contribution in [2.24, 2.45) is 5.41 Å². The van der Waals surface area contributed by atoms with Crippen molar-refractivity contribution in [3.8, 4) is 0 Å². The van der Waals surface area contributed by atoms with Crippen LogP contribution in [-0.4, -0.2) is 45.6 Å². The van der Waals surface area contributed by atoms with Crippen molar-refractivity contribution in [3.63, 3.8) is 0 Å². The standard InChI is InChI=1S/C13H25NO2S/c1-6-14(13(4,5)11(15)16)10-7-12(2,3)9-17-8-10/h10H,6-9H2,1-5H3,(H,15,16). The second kappa shape index (κ2) is 5.19. The number of carboxylic acids is 1. The van der Waals surface area contributed by atoms with Gasteiger partial charge in [-0.3, -0.25) is 9.69 Å². The van der Waals surface area contributed by atoms with Crippen molar-refractivity contribution in [1.82, 2.24) is 4.90 Å². The van der Waals surface area contributed by atoms with E-state index >= 15 is 0 Å². The molecule has 17 heavy (non-hydrogen) atoms. The maximum atomic E-state index is 11.4. The molecule has 1 aliphatic rings. The van der Waals surface area contributed by atoms with E-state index in [4.69, 9.17) is 0 Å². The van der Waals surface area contributed by atoms with Gasteiger partial charge in [-0.2, -0.15) is 11.8 Å². The van der Waals surface area contributed by atoms with Gasteiger partial charge in [-0.1, -0.05) is 20.8 Å². The van der Waals surface area contributed by atoms with Gasteiger partial charge in [-0.05, 0) is 38.0 Å². The SMILES string of the molecule is CCN(C1CSCC(C)(C)C1)C(C)(C)C(=O)O. The number of likely N-dealkylation sites (N-methyl/N-ethyl adjacent to an activating group) is 1. The lowest BCUT2D eigenvalue weighted by atomic mass is 9.85. The molecule has 0 aromatic heterocycles. The molecule has 3 nitrogen and oxygen atoms in total. The molecule has 0 aliphatic carbocycles. The number of rotatable bonds is 4. The van der Waals surface area contributed by atoms with Crippen LogP contribution in [0, 0.1) is 5.41 Å². The number of aliphatic carboxylic acids is 1. The van der Waals surface area contributed by atoms with Crippen LogP contribution in [0.5, 0.6) is 0 Å². The zero-order valence-corrected chi connectivity index (χ0v) is 12.4. The zero-order chi connectivity index (χ0) is 13.3. The van der Waals surface area contributed by atoms with Crippen LogP contribution in [0.25, 0.3) is 0 Å². The molecule has 0 bridgehead atoms. The van der Waals surface area contributed by atoms with Crippen molar-refractivity contribution >= 4 is 17.7 Å². The Bertz CT molecular complexity index is 289. The van der Waals surface area contributed by atoms with Gasteiger partial charge in [-0.25, -0.2) is 0 Å². The molecular weight excluding hydrogens is 234 g/mol. The highest BCUT2D eigenvalue weighted by molar-refractivity contribution is 7.99. The fourth-order valence-electron chi connectivity index (χ4n) is 2.66. The van der Waals surface area contributed by atoms with E-state index in [2.05, 4.69) is 25.7 Å². The van der Waals surface area contributed by atoms with Crippen LogP contribution < -0.4 is 0 Å². The van der Waals surface area contributed by atoms with E-state index in [-0.39, 0.29) is 0 Å². The summed E-state index contributed by atoms with van der Waals surface area (Å²) in [6.07, 6.45) is 1.09. The fourth-order valence-corrected chi connectivity index (χ4v) is 4.02. The van der Waals surface area contributed by atoms with Crippen LogP contribution in [0.4, 0.5) is 0 Å². The van der Waals surface area contributed by atoms with Crippen LogP contribution >= 0.6 is 11.8 Å². The summed E-state index contributed by atoms with van der Waals surface area (Å²) in [6.45, 7) is 11.0. The minimum atomic E-state index is -0.770. The van der Waals surface area contributed by atoms with Crippen LogP contribution in [0.3, 0.4) is 0 Å². The Labute approximate surface area is 109 Å². The lowest BCUT2D eigenvalue weighted by Crippen LogP contribution is -2.57. The zero-order valence-electron chi connectivity index (χ0n) is 11.6. The lowest BCUT2D eigenvalue weighted by molar-refractivity contribution is -0.151. The summed E-state index contributed by atoms with van der Waals surface area (Å²) in [5, 5.41) is 9.36. The van der Waals surface area contributed by atoms with Gasteiger partial charge in [0, 0.05) is 11.8 Å². The number of carboxylic acid groups (broad SMARTS) is 1. The van der Waals surface area contributed by atoms with Crippen molar-refractivity contribution in [2.45, 2.75) is 52.6 Å². The molecule has 4 heteroatoms. The summed E-state index contributed by atoms with van der Waals surface area (Å²) in [7, 11) is 0. The number of hydrogen-bond acceptors (Lipinski definition) is 3. The summed E-state index contributed by atoms with van der Waals surface area (Å²) in [6, 6.07) is 0.375. The molecular formula is C13H25NO2S. The second-order valence-electron chi connectivity index (χ2n) is 6.19. The predicted molar refractivity (Wildman–Crippen MR) is 73.6 cm³/mol. The van der Waals surface area contributed by atoms with Crippen molar-refractivity contribution in [2.75, 3.05) is 18.1 Å². The Morgan fingerprint density at radius 1 is 1.53 bits per heavy atom. The molecule has 1 saturated heterocycles. The maximum Gasteiger partial charge on any atom is 0.323 e. The molecule has 1 rings (SSSR count). The van der Waals surface area contributed by atoms with Gasteiger partial charge >= 0.3 is 5.97 Å². The third-order valence-electron chi connectivity index (χ3n) is 3.61. The molecule has 0 aromatic carbocycles.